The molecular weight excluding hydrogens is 232 g/mol. The van der Waals surface area contributed by atoms with E-state index in [1.165, 1.54) is 0 Å². The Morgan fingerprint density at radius 3 is 2.47 bits per heavy atom. The molecule has 92 valence electrons. The maximum Gasteiger partial charge on any atom is 0.0533 e. The van der Waals surface area contributed by atoms with Crippen LogP contribution < -0.4 is 0 Å². The van der Waals surface area contributed by atoms with Crippen LogP contribution >= 0.6 is 0 Å². The average Bonchev–Trinajstić information content (AvgIpc) is 2.58. The molecule has 0 saturated heterocycles. The van der Waals surface area contributed by atoms with Crippen molar-refractivity contribution < 1.29 is 0 Å². The number of benzene rings is 2. The van der Waals surface area contributed by atoms with Gasteiger partial charge in [0.1, 0.15) is 0 Å². The molecule has 1 N–H and O–H groups in total. The predicted octanol–water partition coefficient (Wildman–Crippen LogP) is 4.35. The summed E-state index contributed by atoms with van der Waals surface area (Å²) in [5.74, 6) is 0. The summed E-state index contributed by atoms with van der Waals surface area (Å²) < 4.78 is 0. The van der Waals surface area contributed by atoms with Crippen LogP contribution in [-0.2, 0) is 0 Å². The van der Waals surface area contributed by atoms with Crippen molar-refractivity contribution in [3.63, 3.8) is 0 Å². The van der Waals surface area contributed by atoms with Crippen LogP contribution in [0.2, 0.25) is 0 Å². The molecule has 0 bridgehead atoms. The summed E-state index contributed by atoms with van der Waals surface area (Å²) in [6, 6.07) is 20.5. The summed E-state index contributed by atoms with van der Waals surface area (Å²) in [4.78, 5) is 7.63. The first-order valence-electron chi connectivity index (χ1n) is 6.25. The highest BCUT2D eigenvalue weighted by Gasteiger charge is 2.00. The van der Waals surface area contributed by atoms with E-state index < -0.39 is 0 Å². The van der Waals surface area contributed by atoms with Crippen LogP contribution in [0.5, 0.6) is 0 Å². The summed E-state index contributed by atoms with van der Waals surface area (Å²) in [5, 5.41) is 2.26. The standard InChI is InChI=1S/C17H14N2/c1-2-7-14(8-3-1)17-16-10-5-4-9-15(16)13-18-11-6-12-19-17/h1-13,19H. The highest BCUT2D eigenvalue weighted by Crippen LogP contribution is 2.23. The molecule has 0 saturated carbocycles. The summed E-state index contributed by atoms with van der Waals surface area (Å²) >= 11 is 0. The van der Waals surface area contributed by atoms with Crippen molar-refractivity contribution in [2.24, 2.45) is 0 Å². The lowest BCUT2D eigenvalue weighted by molar-refractivity contribution is 1.34. The fourth-order valence-corrected chi connectivity index (χ4v) is 2.11. The maximum absolute atomic E-state index is 4.27. The van der Waals surface area contributed by atoms with E-state index in [1.807, 2.05) is 48.8 Å². The molecule has 0 radical (unpaired) electrons. The van der Waals surface area contributed by atoms with Gasteiger partial charge in [-0.3, -0.25) is 4.98 Å². The third-order valence-corrected chi connectivity index (χ3v) is 3.00. The van der Waals surface area contributed by atoms with Gasteiger partial charge in [-0.05, 0) is 11.6 Å². The molecule has 2 nitrogen and oxygen atoms in total. The normalized spacial score (nSPS) is 10.1. The van der Waals surface area contributed by atoms with Gasteiger partial charge in [0.25, 0.3) is 0 Å². The Bertz CT molecular complexity index is 728. The van der Waals surface area contributed by atoms with Gasteiger partial charge in [0.05, 0.1) is 5.69 Å². The molecule has 0 aliphatic rings. The molecular formula is C17H14N2. The highest BCUT2D eigenvalue weighted by atomic mass is 14.7. The summed E-state index contributed by atoms with van der Waals surface area (Å²) in [5.41, 5.74) is 2.25. The molecule has 0 aliphatic carbocycles. The molecule has 0 aliphatic heterocycles. The van der Waals surface area contributed by atoms with Crippen LogP contribution in [-0.4, -0.2) is 9.97 Å². The number of hydrogen-bond donors (Lipinski definition) is 1. The molecule has 3 rings (SSSR count). The van der Waals surface area contributed by atoms with Crippen molar-refractivity contribution in [1.82, 2.24) is 9.97 Å². The largest absolute Gasteiger partial charge is 0.361 e. The first-order chi connectivity index (χ1) is 9.45. The van der Waals surface area contributed by atoms with Gasteiger partial charge < -0.3 is 4.98 Å². The Hall–Kier alpha value is -2.61. The molecule has 0 atom stereocenters. The Balaban J connectivity index is 2.41. The lowest BCUT2D eigenvalue weighted by Gasteiger charge is -2.03. The topological polar surface area (TPSA) is 28.7 Å². The fourth-order valence-electron chi connectivity index (χ4n) is 2.11. The zero-order chi connectivity index (χ0) is 12.9. The van der Waals surface area contributed by atoms with Crippen molar-refractivity contribution in [3.05, 3.63) is 79.3 Å². The van der Waals surface area contributed by atoms with E-state index in [-0.39, 0.29) is 0 Å². The minimum Gasteiger partial charge on any atom is -0.361 e. The summed E-state index contributed by atoms with van der Waals surface area (Å²) in [6.07, 6.45) is 5.56. The Morgan fingerprint density at radius 1 is 0.789 bits per heavy atom. The summed E-state index contributed by atoms with van der Waals surface area (Å²) in [6.45, 7) is 0. The average molecular weight is 246 g/mol. The zero-order valence-electron chi connectivity index (χ0n) is 10.5. The lowest BCUT2D eigenvalue weighted by atomic mass is 10.1. The number of H-pyrrole nitrogens is 1. The van der Waals surface area contributed by atoms with E-state index in [4.69, 9.17) is 0 Å². The smallest absolute Gasteiger partial charge is 0.0533 e. The van der Waals surface area contributed by atoms with Gasteiger partial charge in [-0.1, -0.05) is 54.6 Å². The van der Waals surface area contributed by atoms with Crippen LogP contribution in [0.15, 0.2) is 79.3 Å². The van der Waals surface area contributed by atoms with Crippen molar-refractivity contribution >= 4 is 10.8 Å². The molecule has 19 heavy (non-hydrogen) atoms. The lowest BCUT2D eigenvalue weighted by Crippen LogP contribution is -1.81. The van der Waals surface area contributed by atoms with Gasteiger partial charge in [0.2, 0.25) is 0 Å². The fraction of sp³-hybridized carbons (Fsp3) is 0. The van der Waals surface area contributed by atoms with Gasteiger partial charge >= 0.3 is 0 Å². The second kappa shape index (κ2) is 5.36. The van der Waals surface area contributed by atoms with Crippen LogP contribution in [0.4, 0.5) is 0 Å². The number of nitrogens with zero attached hydrogens (tertiary/aromatic N) is 1. The Kier molecular flexibility index (Phi) is 3.24. The van der Waals surface area contributed by atoms with Crippen LogP contribution in [0, 0.1) is 0 Å². The number of aromatic amines is 1. The monoisotopic (exact) mass is 246 g/mol. The molecule has 0 amide bonds. The van der Waals surface area contributed by atoms with E-state index in [0.29, 0.717) is 0 Å². The number of aromatic nitrogens is 2. The SMILES string of the molecule is c1ccc(-c2[nH]cccncc3ccccc23)cc1. The van der Waals surface area contributed by atoms with E-state index in [2.05, 4.69) is 34.2 Å². The van der Waals surface area contributed by atoms with Gasteiger partial charge in [0, 0.05) is 29.4 Å². The number of nitrogens with one attached hydrogen (secondary N) is 1. The molecule has 1 heterocycles. The Labute approximate surface area is 112 Å². The molecule has 0 fully saturated rings. The Morgan fingerprint density at radius 2 is 1.58 bits per heavy atom. The highest BCUT2D eigenvalue weighted by molar-refractivity contribution is 5.93. The van der Waals surface area contributed by atoms with Crippen molar-refractivity contribution in [2.45, 2.75) is 0 Å². The first-order valence-corrected chi connectivity index (χ1v) is 6.25. The second-order valence-corrected chi connectivity index (χ2v) is 4.26. The summed E-state index contributed by atoms with van der Waals surface area (Å²) in [7, 11) is 0. The zero-order valence-corrected chi connectivity index (χ0v) is 10.5. The molecule has 1 aromatic heterocycles. The predicted molar refractivity (Wildman–Crippen MR) is 79.2 cm³/mol. The number of hydrogen-bond acceptors (Lipinski definition) is 1. The third-order valence-electron chi connectivity index (χ3n) is 3.00. The minimum absolute atomic E-state index is 1.09. The molecule has 2 heteroatoms. The van der Waals surface area contributed by atoms with Crippen LogP contribution in [0.3, 0.4) is 0 Å². The molecule has 0 spiro atoms. The van der Waals surface area contributed by atoms with Gasteiger partial charge in [-0.2, -0.15) is 0 Å². The van der Waals surface area contributed by atoms with Crippen molar-refractivity contribution in [1.29, 1.82) is 0 Å². The van der Waals surface area contributed by atoms with Gasteiger partial charge in [-0.25, -0.2) is 0 Å². The minimum atomic E-state index is 1.09. The van der Waals surface area contributed by atoms with Crippen molar-refractivity contribution in [2.75, 3.05) is 0 Å². The maximum atomic E-state index is 4.27. The number of fused-ring (bicyclic) bond motifs is 1. The van der Waals surface area contributed by atoms with E-state index >= 15 is 0 Å². The van der Waals surface area contributed by atoms with E-state index in [0.717, 1.165) is 22.0 Å². The quantitative estimate of drug-likeness (QED) is 0.679. The van der Waals surface area contributed by atoms with Crippen LogP contribution in [0.1, 0.15) is 0 Å². The number of rotatable bonds is 1. The molecule has 2 aromatic carbocycles. The van der Waals surface area contributed by atoms with Gasteiger partial charge in [0.15, 0.2) is 0 Å². The van der Waals surface area contributed by atoms with Crippen LogP contribution in [0.25, 0.3) is 22.0 Å². The van der Waals surface area contributed by atoms with Gasteiger partial charge in [-0.15, -0.1) is 0 Å². The van der Waals surface area contributed by atoms with Crippen molar-refractivity contribution in [3.8, 4) is 11.3 Å². The third kappa shape index (κ3) is 2.47. The van der Waals surface area contributed by atoms with E-state index in [9.17, 15) is 0 Å². The first kappa shape index (κ1) is 11.5. The molecule has 0 unspecified atom stereocenters. The van der Waals surface area contributed by atoms with E-state index in [1.54, 1.807) is 6.20 Å². The molecule has 3 aromatic rings. The second-order valence-electron chi connectivity index (χ2n) is 4.26.